The van der Waals surface area contributed by atoms with E-state index in [2.05, 4.69) is 6.92 Å². The highest BCUT2D eigenvalue weighted by molar-refractivity contribution is 5.70. The molecule has 3 atom stereocenters. The fourth-order valence-electron chi connectivity index (χ4n) is 1.94. The third-order valence-corrected chi connectivity index (χ3v) is 3.13. The fraction of sp³-hybridized carbons (Fsp3) is 0.900. The van der Waals surface area contributed by atoms with Gasteiger partial charge in [0.05, 0.1) is 24.7 Å². The van der Waals surface area contributed by atoms with Crippen molar-refractivity contribution in [3.63, 3.8) is 0 Å². The number of carbonyl (C=O) groups is 1. The number of rotatable bonds is 1. The van der Waals surface area contributed by atoms with Crippen molar-refractivity contribution in [2.75, 3.05) is 6.61 Å². The molecule has 2 aliphatic rings. The van der Waals surface area contributed by atoms with Crippen LogP contribution in [0, 0.1) is 5.92 Å². The van der Waals surface area contributed by atoms with Gasteiger partial charge < -0.3 is 9.47 Å². The maximum Gasteiger partial charge on any atom is 0.306 e. The smallest absolute Gasteiger partial charge is 0.306 e. The fourth-order valence-corrected chi connectivity index (χ4v) is 1.94. The van der Waals surface area contributed by atoms with Crippen LogP contribution in [0.3, 0.4) is 0 Å². The van der Waals surface area contributed by atoms with Crippen LogP contribution in [0.4, 0.5) is 0 Å². The number of hydrogen-bond donors (Lipinski definition) is 0. The molecule has 0 aromatic heterocycles. The van der Waals surface area contributed by atoms with E-state index in [1.165, 1.54) is 0 Å². The summed E-state index contributed by atoms with van der Waals surface area (Å²) in [6.45, 7) is 4.84. The minimum absolute atomic E-state index is 0.0247. The van der Waals surface area contributed by atoms with E-state index in [-0.39, 0.29) is 17.7 Å². The summed E-state index contributed by atoms with van der Waals surface area (Å²) in [4.78, 5) is 11.3. The Hall–Kier alpha value is -0.570. The summed E-state index contributed by atoms with van der Waals surface area (Å²) in [5, 5.41) is 0. The highest BCUT2D eigenvalue weighted by atomic mass is 16.6. The molecular formula is C10H16O3. The maximum atomic E-state index is 11.3. The molecule has 0 aromatic carbocycles. The van der Waals surface area contributed by atoms with Gasteiger partial charge in [0, 0.05) is 5.92 Å². The Kier molecular flexibility index (Phi) is 2.06. The first-order valence-corrected chi connectivity index (χ1v) is 4.93. The first-order valence-electron chi connectivity index (χ1n) is 4.93. The molecule has 0 bridgehead atoms. The molecule has 0 spiro atoms. The van der Waals surface area contributed by atoms with Crippen LogP contribution >= 0.6 is 0 Å². The Labute approximate surface area is 78.4 Å². The number of cyclic esters (lactones) is 1. The minimum atomic E-state index is -0.0632. The molecular weight excluding hydrogens is 168 g/mol. The van der Waals surface area contributed by atoms with Gasteiger partial charge in [0.1, 0.15) is 0 Å². The Morgan fingerprint density at radius 2 is 2.15 bits per heavy atom. The predicted octanol–water partition coefficient (Wildman–Crippen LogP) is 1.51. The van der Waals surface area contributed by atoms with Gasteiger partial charge in [0.15, 0.2) is 0 Å². The van der Waals surface area contributed by atoms with Crippen molar-refractivity contribution in [3.8, 4) is 0 Å². The Morgan fingerprint density at radius 1 is 1.46 bits per heavy atom. The summed E-state index contributed by atoms with van der Waals surface area (Å²) in [5.41, 5.74) is -0.0247. The van der Waals surface area contributed by atoms with Gasteiger partial charge in [-0.1, -0.05) is 0 Å². The summed E-state index contributed by atoms with van der Waals surface area (Å²) in [5.74, 6) is 0.302. The molecule has 0 amide bonds. The zero-order chi connectivity index (χ0) is 9.47. The molecule has 0 aromatic rings. The van der Waals surface area contributed by atoms with Gasteiger partial charge in [-0.3, -0.25) is 4.79 Å². The zero-order valence-corrected chi connectivity index (χ0v) is 8.21. The summed E-state index contributed by atoms with van der Waals surface area (Å²) in [6.07, 6.45) is 2.62. The van der Waals surface area contributed by atoms with Crippen LogP contribution < -0.4 is 0 Å². The highest BCUT2D eigenvalue weighted by Crippen LogP contribution is 2.41. The molecule has 3 nitrogen and oxygen atoms in total. The SMILES string of the molecule is C[C@@H]1CC[C@@H]([C@@]2(C)CO2)CC(=O)O1. The lowest BCUT2D eigenvalue weighted by Crippen LogP contribution is -2.22. The summed E-state index contributed by atoms with van der Waals surface area (Å²) >= 11 is 0. The Morgan fingerprint density at radius 3 is 2.77 bits per heavy atom. The van der Waals surface area contributed by atoms with E-state index in [1.807, 2.05) is 6.92 Å². The van der Waals surface area contributed by atoms with Crippen molar-refractivity contribution < 1.29 is 14.3 Å². The molecule has 0 radical (unpaired) electrons. The summed E-state index contributed by atoms with van der Waals surface area (Å²) < 4.78 is 10.5. The molecule has 2 rings (SSSR count). The largest absolute Gasteiger partial charge is 0.463 e. The quantitative estimate of drug-likeness (QED) is 0.458. The normalized spacial score (nSPS) is 45.2. The Bertz CT molecular complexity index is 220. The van der Waals surface area contributed by atoms with Crippen molar-refractivity contribution >= 4 is 5.97 Å². The number of esters is 1. The van der Waals surface area contributed by atoms with Crippen molar-refractivity contribution in [1.82, 2.24) is 0 Å². The Balaban J connectivity index is 2.01. The van der Waals surface area contributed by atoms with E-state index in [4.69, 9.17) is 9.47 Å². The third-order valence-electron chi connectivity index (χ3n) is 3.13. The van der Waals surface area contributed by atoms with Crippen LogP contribution in [0.15, 0.2) is 0 Å². The summed E-state index contributed by atoms with van der Waals surface area (Å²) in [7, 11) is 0. The molecule has 0 aliphatic carbocycles. The number of ether oxygens (including phenoxy) is 2. The molecule has 13 heavy (non-hydrogen) atoms. The molecule has 0 saturated carbocycles. The summed E-state index contributed by atoms with van der Waals surface area (Å²) in [6, 6.07) is 0. The number of hydrogen-bond acceptors (Lipinski definition) is 3. The second kappa shape index (κ2) is 2.98. The van der Waals surface area contributed by atoms with Crippen LogP contribution in [0.25, 0.3) is 0 Å². The molecule has 74 valence electrons. The van der Waals surface area contributed by atoms with Gasteiger partial charge >= 0.3 is 5.97 Å². The van der Waals surface area contributed by atoms with Crippen LogP contribution in [-0.2, 0) is 14.3 Å². The van der Waals surface area contributed by atoms with E-state index in [9.17, 15) is 4.79 Å². The standard InChI is InChI=1S/C10H16O3/c1-7-3-4-8(5-9(11)13-7)10(2)6-12-10/h7-8H,3-6H2,1-2H3/t7-,8-,10-/m1/s1. The van der Waals surface area contributed by atoms with E-state index in [0.717, 1.165) is 19.4 Å². The van der Waals surface area contributed by atoms with Crippen molar-refractivity contribution in [2.24, 2.45) is 5.92 Å². The van der Waals surface area contributed by atoms with Gasteiger partial charge in [-0.15, -0.1) is 0 Å². The van der Waals surface area contributed by atoms with Crippen molar-refractivity contribution in [3.05, 3.63) is 0 Å². The van der Waals surface area contributed by atoms with Crippen LogP contribution in [0.2, 0.25) is 0 Å². The van der Waals surface area contributed by atoms with Gasteiger partial charge in [-0.2, -0.15) is 0 Å². The minimum Gasteiger partial charge on any atom is -0.463 e. The van der Waals surface area contributed by atoms with E-state index < -0.39 is 0 Å². The van der Waals surface area contributed by atoms with Crippen molar-refractivity contribution in [2.45, 2.75) is 44.8 Å². The number of epoxide rings is 1. The van der Waals surface area contributed by atoms with Gasteiger partial charge in [0.2, 0.25) is 0 Å². The van der Waals surface area contributed by atoms with E-state index >= 15 is 0 Å². The van der Waals surface area contributed by atoms with Crippen molar-refractivity contribution in [1.29, 1.82) is 0 Å². The monoisotopic (exact) mass is 184 g/mol. The van der Waals surface area contributed by atoms with Crippen LogP contribution in [-0.4, -0.2) is 24.3 Å². The van der Waals surface area contributed by atoms with Gasteiger partial charge in [0.25, 0.3) is 0 Å². The van der Waals surface area contributed by atoms with Gasteiger partial charge in [-0.25, -0.2) is 0 Å². The van der Waals surface area contributed by atoms with E-state index in [1.54, 1.807) is 0 Å². The highest BCUT2D eigenvalue weighted by Gasteiger charge is 2.48. The second-order valence-electron chi connectivity index (χ2n) is 4.38. The predicted molar refractivity (Wildman–Crippen MR) is 47.3 cm³/mol. The lowest BCUT2D eigenvalue weighted by Gasteiger charge is -2.15. The van der Waals surface area contributed by atoms with Gasteiger partial charge in [-0.05, 0) is 26.7 Å². The van der Waals surface area contributed by atoms with Crippen LogP contribution in [0.1, 0.15) is 33.1 Å². The third kappa shape index (κ3) is 1.85. The molecule has 2 fully saturated rings. The average molecular weight is 184 g/mol. The lowest BCUT2D eigenvalue weighted by molar-refractivity contribution is -0.147. The molecule has 0 unspecified atom stereocenters. The first kappa shape index (κ1) is 9.00. The molecule has 3 heteroatoms. The molecule has 2 aliphatic heterocycles. The zero-order valence-electron chi connectivity index (χ0n) is 8.21. The van der Waals surface area contributed by atoms with E-state index in [0.29, 0.717) is 12.3 Å². The second-order valence-corrected chi connectivity index (χ2v) is 4.38. The molecule has 2 saturated heterocycles. The molecule has 2 heterocycles. The maximum absolute atomic E-state index is 11.3. The first-order chi connectivity index (χ1) is 6.10. The number of carbonyl (C=O) groups excluding carboxylic acids is 1. The van der Waals surface area contributed by atoms with Crippen LogP contribution in [0.5, 0.6) is 0 Å². The molecule has 0 N–H and O–H groups in total. The average Bonchev–Trinajstić information content (AvgIpc) is 2.78. The lowest BCUT2D eigenvalue weighted by atomic mass is 9.87. The topological polar surface area (TPSA) is 38.8 Å².